The van der Waals surface area contributed by atoms with Crippen molar-refractivity contribution in [3.05, 3.63) is 24.3 Å². The summed E-state index contributed by atoms with van der Waals surface area (Å²) >= 11 is 0. The predicted molar refractivity (Wildman–Crippen MR) is 64.4 cm³/mol. The van der Waals surface area contributed by atoms with Crippen LogP contribution in [0.1, 0.15) is 20.3 Å². The minimum atomic E-state index is 0.410. The van der Waals surface area contributed by atoms with Gasteiger partial charge in [-0.2, -0.15) is 0 Å². The van der Waals surface area contributed by atoms with E-state index >= 15 is 0 Å². The second-order valence-electron chi connectivity index (χ2n) is 3.58. The Morgan fingerprint density at radius 3 is 2.53 bits per heavy atom. The summed E-state index contributed by atoms with van der Waals surface area (Å²) in [7, 11) is 0. The molecular weight excluding hydrogens is 188 g/mol. The van der Waals surface area contributed by atoms with Crippen LogP contribution in [0.15, 0.2) is 24.3 Å². The van der Waals surface area contributed by atoms with Gasteiger partial charge in [-0.25, -0.2) is 0 Å². The van der Waals surface area contributed by atoms with E-state index in [4.69, 9.17) is 10.5 Å². The molecule has 0 fully saturated rings. The van der Waals surface area contributed by atoms with Gasteiger partial charge in [0.15, 0.2) is 0 Å². The molecule has 1 aromatic carbocycles. The Labute approximate surface area is 91.6 Å². The fraction of sp³-hybridized carbons (Fsp3) is 0.500. The maximum absolute atomic E-state index is 5.49. The van der Waals surface area contributed by atoms with Crippen molar-refractivity contribution in [2.45, 2.75) is 26.3 Å². The van der Waals surface area contributed by atoms with Gasteiger partial charge in [0, 0.05) is 11.7 Å². The second-order valence-corrected chi connectivity index (χ2v) is 3.58. The number of anilines is 1. The normalized spacial score (nSPS) is 12.2. The van der Waals surface area contributed by atoms with Gasteiger partial charge in [-0.05, 0) is 51.1 Å². The van der Waals surface area contributed by atoms with Crippen LogP contribution in [-0.4, -0.2) is 19.2 Å². The summed E-state index contributed by atoms with van der Waals surface area (Å²) in [6.07, 6.45) is 0.979. The summed E-state index contributed by atoms with van der Waals surface area (Å²) in [5.74, 6) is 0.912. The molecule has 3 N–H and O–H groups in total. The molecule has 3 heteroatoms. The van der Waals surface area contributed by atoms with Crippen molar-refractivity contribution in [3.63, 3.8) is 0 Å². The highest BCUT2D eigenvalue weighted by Crippen LogP contribution is 2.16. The predicted octanol–water partition coefficient (Wildman–Crippen LogP) is 2.23. The Bertz CT molecular complexity index is 271. The molecule has 0 saturated carbocycles. The maximum atomic E-state index is 5.49. The first kappa shape index (κ1) is 11.9. The molecule has 0 spiro atoms. The van der Waals surface area contributed by atoms with E-state index in [-0.39, 0.29) is 0 Å². The average Bonchev–Trinajstić information content (AvgIpc) is 2.22. The summed E-state index contributed by atoms with van der Waals surface area (Å²) in [5.41, 5.74) is 6.60. The van der Waals surface area contributed by atoms with E-state index in [2.05, 4.69) is 12.2 Å². The lowest BCUT2D eigenvalue weighted by molar-refractivity contribution is 0.340. The van der Waals surface area contributed by atoms with Crippen molar-refractivity contribution < 1.29 is 4.74 Å². The first-order valence-electron chi connectivity index (χ1n) is 5.45. The molecule has 0 aliphatic rings. The van der Waals surface area contributed by atoms with E-state index in [0.717, 1.165) is 17.9 Å². The Kier molecular flexibility index (Phi) is 4.98. The smallest absolute Gasteiger partial charge is 0.119 e. The van der Waals surface area contributed by atoms with Gasteiger partial charge in [-0.3, -0.25) is 0 Å². The largest absolute Gasteiger partial charge is 0.494 e. The van der Waals surface area contributed by atoms with Crippen LogP contribution < -0.4 is 15.8 Å². The highest BCUT2D eigenvalue weighted by Gasteiger charge is 2.00. The van der Waals surface area contributed by atoms with Crippen LogP contribution in [0, 0.1) is 0 Å². The van der Waals surface area contributed by atoms with Crippen LogP contribution in [0.4, 0.5) is 5.69 Å². The SMILES string of the molecule is CCOc1ccc(NC(C)CCN)cc1. The van der Waals surface area contributed by atoms with Crippen LogP contribution in [0.2, 0.25) is 0 Å². The lowest BCUT2D eigenvalue weighted by atomic mass is 10.2. The van der Waals surface area contributed by atoms with Crippen molar-refractivity contribution >= 4 is 5.69 Å². The molecule has 3 nitrogen and oxygen atoms in total. The number of hydrogen-bond donors (Lipinski definition) is 2. The Morgan fingerprint density at radius 2 is 2.00 bits per heavy atom. The molecule has 1 unspecified atom stereocenters. The minimum Gasteiger partial charge on any atom is -0.494 e. The van der Waals surface area contributed by atoms with E-state index in [1.54, 1.807) is 0 Å². The molecule has 0 saturated heterocycles. The summed E-state index contributed by atoms with van der Waals surface area (Å²) in [4.78, 5) is 0. The van der Waals surface area contributed by atoms with Crippen LogP contribution in [0.3, 0.4) is 0 Å². The molecule has 0 amide bonds. The summed E-state index contributed by atoms with van der Waals surface area (Å²) in [6, 6.07) is 8.41. The van der Waals surface area contributed by atoms with Gasteiger partial charge in [0.1, 0.15) is 5.75 Å². The van der Waals surface area contributed by atoms with Crippen molar-refractivity contribution in [3.8, 4) is 5.75 Å². The fourth-order valence-electron chi connectivity index (χ4n) is 1.42. The molecule has 0 aliphatic carbocycles. The summed E-state index contributed by atoms with van der Waals surface area (Å²) < 4.78 is 5.37. The second kappa shape index (κ2) is 6.30. The lowest BCUT2D eigenvalue weighted by Gasteiger charge is -2.14. The van der Waals surface area contributed by atoms with E-state index in [1.165, 1.54) is 0 Å². The molecule has 0 aliphatic heterocycles. The molecular formula is C12H20N2O. The molecule has 1 atom stereocenters. The van der Waals surface area contributed by atoms with E-state index < -0.39 is 0 Å². The topological polar surface area (TPSA) is 47.3 Å². The van der Waals surface area contributed by atoms with Crippen molar-refractivity contribution in [2.24, 2.45) is 5.73 Å². The van der Waals surface area contributed by atoms with Crippen LogP contribution in [0.5, 0.6) is 5.75 Å². The highest BCUT2D eigenvalue weighted by atomic mass is 16.5. The quantitative estimate of drug-likeness (QED) is 0.753. The fourth-order valence-corrected chi connectivity index (χ4v) is 1.42. The van der Waals surface area contributed by atoms with Gasteiger partial charge >= 0.3 is 0 Å². The van der Waals surface area contributed by atoms with Gasteiger partial charge in [0.25, 0.3) is 0 Å². The molecule has 1 rings (SSSR count). The van der Waals surface area contributed by atoms with Crippen molar-refractivity contribution in [1.29, 1.82) is 0 Å². The van der Waals surface area contributed by atoms with E-state index in [9.17, 15) is 0 Å². The van der Waals surface area contributed by atoms with Crippen molar-refractivity contribution in [2.75, 3.05) is 18.5 Å². The number of nitrogens with one attached hydrogen (secondary N) is 1. The van der Waals surface area contributed by atoms with Gasteiger partial charge in [-0.15, -0.1) is 0 Å². The molecule has 1 aromatic rings. The molecule has 84 valence electrons. The maximum Gasteiger partial charge on any atom is 0.119 e. The molecule has 0 aromatic heterocycles. The van der Waals surface area contributed by atoms with Gasteiger partial charge < -0.3 is 15.8 Å². The number of benzene rings is 1. The van der Waals surface area contributed by atoms with E-state index in [1.807, 2.05) is 31.2 Å². The first-order valence-corrected chi connectivity index (χ1v) is 5.45. The van der Waals surface area contributed by atoms with Crippen LogP contribution in [0.25, 0.3) is 0 Å². The zero-order valence-corrected chi connectivity index (χ0v) is 9.49. The number of rotatable bonds is 6. The zero-order valence-electron chi connectivity index (χ0n) is 9.49. The average molecular weight is 208 g/mol. The number of nitrogens with two attached hydrogens (primary N) is 1. The van der Waals surface area contributed by atoms with Crippen LogP contribution >= 0.6 is 0 Å². The number of hydrogen-bond acceptors (Lipinski definition) is 3. The molecule has 0 heterocycles. The first-order chi connectivity index (χ1) is 7.26. The van der Waals surface area contributed by atoms with Gasteiger partial charge in [0.2, 0.25) is 0 Å². The summed E-state index contributed by atoms with van der Waals surface area (Å²) in [6.45, 7) is 5.53. The molecule has 0 bridgehead atoms. The lowest BCUT2D eigenvalue weighted by Crippen LogP contribution is -2.19. The Morgan fingerprint density at radius 1 is 1.33 bits per heavy atom. The third kappa shape index (κ3) is 4.21. The van der Waals surface area contributed by atoms with E-state index in [0.29, 0.717) is 19.2 Å². The van der Waals surface area contributed by atoms with Gasteiger partial charge in [-0.1, -0.05) is 0 Å². The minimum absolute atomic E-state index is 0.410. The monoisotopic (exact) mass is 208 g/mol. The van der Waals surface area contributed by atoms with Gasteiger partial charge in [0.05, 0.1) is 6.61 Å². The van der Waals surface area contributed by atoms with Crippen LogP contribution in [-0.2, 0) is 0 Å². The number of ether oxygens (including phenoxy) is 1. The Hall–Kier alpha value is -1.22. The molecule has 15 heavy (non-hydrogen) atoms. The standard InChI is InChI=1S/C12H20N2O/c1-3-15-12-6-4-11(5-7-12)14-10(2)8-9-13/h4-7,10,14H,3,8-9,13H2,1-2H3. The summed E-state index contributed by atoms with van der Waals surface area (Å²) in [5, 5.41) is 3.38. The third-order valence-electron chi connectivity index (χ3n) is 2.18. The zero-order chi connectivity index (χ0) is 11.1. The van der Waals surface area contributed by atoms with Crippen molar-refractivity contribution in [1.82, 2.24) is 0 Å². The third-order valence-corrected chi connectivity index (χ3v) is 2.18. The Balaban J connectivity index is 2.48. The highest BCUT2D eigenvalue weighted by molar-refractivity contribution is 5.46. The molecule has 0 radical (unpaired) electrons.